The van der Waals surface area contributed by atoms with Crippen LogP contribution in [0, 0.1) is 11.6 Å². The Hall–Kier alpha value is -2.37. The molecule has 2 saturated carbocycles. The summed E-state index contributed by atoms with van der Waals surface area (Å²) in [4.78, 5) is 13.9. The fourth-order valence-corrected chi connectivity index (χ4v) is 4.86. The van der Waals surface area contributed by atoms with Crippen LogP contribution in [-0.4, -0.2) is 71.4 Å². The SMILES string of the molecule is CCC(O)(O)Sc1nc(NOC2C(c3ccc(F)c(F)c3)C2(O)O)c(N)c(NC2CCC(OCO)C2)n1. The third-order valence-corrected chi connectivity index (χ3v) is 7.31. The van der Waals surface area contributed by atoms with E-state index in [0.29, 0.717) is 31.0 Å². The van der Waals surface area contributed by atoms with Gasteiger partial charge >= 0.3 is 0 Å². The summed E-state index contributed by atoms with van der Waals surface area (Å²) in [6, 6.07) is 2.83. The quantitative estimate of drug-likeness (QED) is 0.0862. The molecule has 2 aliphatic rings. The van der Waals surface area contributed by atoms with Gasteiger partial charge in [0.15, 0.2) is 34.5 Å². The Kier molecular flexibility index (Phi) is 8.06. The lowest BCUT2D eigenvalue weighted by molar-refractivity contribution is -0.107. The lowest BCUT2D eigenvalue weighted by Crippen LogP contribution is -2.24. The molecule has 15 heteroatoms. The largest absolute Gasteiger partial charge is 0.393 e. The van der Waals surface area contributed by atoms with Gasteiger partial charge in [-0.2, -0.15) is 0 Å². The monoisotopic (exact) mass is 545 g/mol. The van der Waals surface area contributed by atoms with Gasteiger partial charge < -0.3 is 41.3 Å². The topological polar surface area (TPSA) is 195 Å². The molecule has 2 fully saturated rings. The molecular formula is C22H29F2N5O7S. The van der Waals surface area contributed by atoms with E-state index in [4.69, 9.17) is 20.4 Å². The zero-order valence-corrected chi connectivity index (χ0v) is 20.6. The summed E-state index contributed by atoms with van der Waals surface area (Å²) in [6.07, 6.45) is 0.507. The van der Waals surface area contributed by atoms with E-state index in [1.807, 2.05) is 0 Å². The zero-order chi connectivity index (χ0) is 27.0. The van der Waals surface area contributed by atoms with Gasteiger partial charge in [0.2, 0.25) is 10.9 Å². The summed E-state index contributed by atoms with van der Waals surface area (Å²) in [5.74, 6) is -5.62. The number of anilines is 3. The van der Waals surface area contributed by atoms with Crippen LogP contribution < -0.4 is 16.5 Å². The van der Waals surface area contributed by atoms with Crippen molar-refractivity contribution in [1.29, 1.82) is 0 Å². The van der Waals surface area contributed by atoms with E-state index in [0.717, 1.165) is 12.1 Å². The van der Waals surface area contributed by atoms with Crippen molar-refractivity contribution in [1.82, 2.24) is 9.97 Å². The first kappa shape index (κ1) is 27.7. The normalized spacial score (nSPS) is 24.8. The third kappa shape index (κ3) is 6.21. The predicted octanol–water partition coefficient (Wildman–Crippen LogP) is 0.967. The fraction of sp³-hybridized carbons (Fsp3) is 0.545. The number of aliphatic hydroxyl groups is 5. The van der Waals surface area contributed by atoms with Crippen LogP contribution in [0.5, 0.6) is 0 Å². The first-order valence-corrected chi connectivity index (χ1v) is 12.4. The van der Waals surface area contributed by atoms with Crippen molar-refractivity contribution in [3.63, 3.8) is 0 Å². The number of ether oxygens (including phenoxy) is 1. The van der Waals surface area contributed by atoms with E-state index < -0.39 is 41.4 Å². The molecule has 0 radical (unpaired) electrons. The molecule has 4 unspecified atom stereocenters. The Morgan fingerprint density at radius 2 is 1.92 bits per heavy atom. The Balaban J connectivity index is 1.53. The van der Waals surface area contributed by atoms with Crippen LogP contribution in [0.4, 0.5) is 26.1 Å². The molecule has 1 aromatic heterocycles. The molecule has 1 heterocycles. The number of aliphatic hydroxyl groups excluding tert-OH is 1. The van der Waals surface area contributed by atoms with Crippen molar-refractivity contribution in [2.45, 2.75) is 72.8 Å². The summed E-state index contributed by atoms with van der Waals surface area (Å²) < 4.78 is 32.2. The first-order chi connectivity index (χ1) is 17.4. The Labute approximate surface area is 214 Å². The minimum absolute atomic E-state index is 0.000334. The van der Waals surface area contributed by atoms with Crippen molar-refractivity contribution < 1.29 is 43.9 Å². The molecule has 0 amide bonds. The number of hydrogen-bond donors (Lipinski definition) is 8. The molecule has 204 valence electrons. The van der Waals surface area contributed by atoms with Gasteiger partial charge in [-0.25, -0.2) is 24.2 Å². The number of aromatic nitrogens is 2. The maximum Gasteiger partial charge on any atom is 0.220 e. The van der Waals surface area contributed by atoms with Crippen LogP contribution in [0.2, 0.25) is 0 Å². The summed E-state index contributed by atoms with van der Waals surface area (Å²) in [7, 11) is 0. The molecule has 4 rings (SSSR count). The highest BCUT2D eigenvalue weighted by atomic mass is 32.2. The number of nitrogens with zero attached hydrogens (tertiary/aromatic N) is 2. The van der Waals surface area contributed by atoms with Crippen LogP contribution in [-0.2, 0) is 9.57 Å². The van der Waals surface area contributed by atoms with Crippen LogP contribution in [0.1, 0.15) is 44.1 Å². The van der Waals surface area contributed by atoms with Crippen molar-refractivity contribution in [2.24, 2.45) is 0 Å². The smallest absolute Gasteiger partial charge is 0.220 e. The number of nitrogens with one attached hydrogen (secondary N) is 2. The van der Waals surface area contributed by atoms with Crippen molar-refractivity contribution in [3.8, 4) is 0 Å². The Morgan fingerprint density at radius 1 is 1.19 bits per heavy atom. The second-order valence-corrected chi connectivity index (χ2v) is 10.2. The van der Waals surface area contributed by atoms with E-state index >= 15 is 0 Å². The second kappa shape index (κ2) is 10.8. The minimum atomic E-state index is -2.38. The minimum Gasteiger partial charge on any atom is -0.393 e. The van der Waals surface area contributed by atoms with Crippen molar-refractivity contribution in [2.75, 3.05) is 23.3 Å². The third-order valence-electron chi connectivity index (χ3n) is 6.33. The zero-order valence-electron chi connectivity index (χ0n) is 19.8. The predicted molar refractivity (Wildman–Crippen MR) is 128 cm³/mol. The van der Waals surface area contributed by atoms with Gasteiger partial charge in [-0.05, 0) is 48.7 Å². The van der Waals surface area contributed by atoms with Crippen LogP contribution >= 0.6 is 11.8 Å². The van der Waals surface area contributed by atoms with E-state index in [1.165, 1.54) is 6.07 Å². The van der Waals surface area contributed by atoms with E-state index in [-0.39, 0.29) is 46.6 Å². The van der Waals surface area contributed by atoms with E-state index in [9.17, 15) is 29.2 Å². The number of nitrogen functional groups attached to an aromatic ring is 1. The summed E-state index contributed by atoms with van der Waals surface area (Å²) in [6.45, 7) is 1.16. The molecule has 0 aliphatic heterocycles. The lowest BCUT2D eigenvalue weighted by Gasteiger charge is -2.21. The number of hydrogen-bond acceptors (Lipinski definition) is 13. The highest BCUT2D eigenvalue weighted by Crippen LogP contribution is 2.52. The lowest BCUT2D eigenvalue weighted by atomic mass is 10.1. The van der Waals surface area contributed by atoms with Gasteiger partial charge in [0.25, 0.3) is 0 Å². The molecule has 0 spiro atoms. The number of nitrogens with two attached hydrogens (primary N) is 1. The van der Waals surface area contributed by atoms with Gasteiger partial charge in [-0.3, -0.25) is 4.84 Å². The number of benzene rings is 1. The average molecular weight is 546 g/mol. The van der Waals surface area contributed by atoms with Crippen LogP contribution in [0.15, 0.2) is 23.4 Å². The highest BCUT2D eigenvalue weighted by Gasteiger charge is 2.67. The number of halogens is 2. The fourth-order valence-electron chi connectivity index (χ4n) is 4.15. The van der Waals surface area contributed by atoms with Crippen LogP contribution in [0.25, 0.3) is 0 Å². The molecule has 2 aromatic rings. The standard InChI is InChI=1S/C22H29F2N5O7S/c1-2-21(31,32)37-20-27-18(26-11-4-5-12(8-11)35-9-30)16(25)19(28-20)29-36-17-15(22(17,33)34)10-3-6-13(23)14(24)7-10/h3,6-7,11-12,15,17,30-34H,2,4-5,8-9,25H2,1H3,(H2,26,27,28,29). The number of rotatable bonds is 11. The van der Waals surface area contributed by atoms with Crippen molar-refractivity contribution in [3.05, 3.63) is 35.4 Å². The van der Waals surface area contributed by atoms with Gasteiger partial charge in [0.05, 0.1) is 12.0 Å². The summed E-state index contributed by atoms with van der Waals surface area (Å²) in [5.41, 5.74) is 8.79. The maximum absolute atomic E-state index is 13.6. The number of thioether (sulfide) groups is 1. The van der Waals surface area contributed by atoms with E-state index in [1.54, 1.807) is 6.92 Å². The second-order valence-electron chi connectivity index (χ2n) is 8.96. The Bertz CT molecular complexity index is 1130. The molecule has 0 bridgehead atoms. The highest BCUT2D eigenvalue weighted by molar-refractivity contribution is 8.00. The maximum atomic E-state index is 13.6. The van der Waals surface area contributed by atoms with Crippen LogP contribution in [0.3, 0.4) is 0 Å². The summed E-state index contributed by atoms with van der Waals surface area (Å²) in [5, 5.41) is 50.6. The molecule has 1 aromatic carbocycles. The first-order valence-electron chi connectivity index (χ1n) is 11.6. The molecular weight excluding hydrogens is 516 g/mol. The molecule has 12 nitrogen and oxygen atoms in total. The molecule has 37 heavy (non-hydrogen) atoms. The molecule has 9 N–H and O–H groups in total. The Morgan fingerprint density at radius 3 is 2.59 bits per heavy atom. The van der Waals surface area contributed by atoms with Gasteiger partial charge in [0.1, 0.15) is 12.5 Å². The molecule has 0 saturated heterocycles. The average Bonchev–Trinajstić information content (AvgIpc) is 3.12. The van der Waals surface area contributed by atoms with E-state index in [2.05, 4.69) is 20.8 Å². The van der Waals surface area contributed by atoms with Gasteiger partial charge in [-0.15, -0.1) is 0 Å². The van der Waals surface area contributed by atoms with Crippen molar-refractivity contribution >= 4 is 29.1 Å². The molecule has 4 atom stereocenters. The summed E-state index contributed by atoms with van der Waals surface area (Å²) >= 11 is 0.564. The van der Waals surface area contributed by atoms with Gasteiger partial charge in [-0.1, -0.05) is 13.0 Å². The molecule has 2 aliphatic carbocycles. The van der Waals surface area contributed by atoms with Gasteiger partial charge in [0, 0.05) is 12.5 Å².